The second-order valence-electron chi connectivity index (χ2n) is 7.46. The number of nitrogens with zero attached hydrogens (tertiary/aromatic N) is 1. The van der Waals surface area contributed by atoms with Gasteiger partial charge in [0.1, 0.15) is 24.1 Å². The van der Waals surface area contributed by atoms with Gasteiger partial charge >= 0.3 is 0 Å². The number of nitrogens with two attached hydrogens (primary N) is 1. The summed E-state index contributed by atoms with van der Waals surface area (Å²) < 4.78 is 25.4. The lowest BCUT2D eigenvalue weighted by Crippen LogP contribution is -2.51. The van der Waals surface area contributed by atoms with Gasteiger partial charge in [0, 0.05) is 12.6 Å². The zero-order valence-electron chi connectivity index (χ0n) is 15.7. The molecule has 2 heterocycles. The predicted molar refractivity (Wildman–Crippen MR) is 103 cm³/mol. The summed E-state index contributed by atoms with van der Waals surface area (Å²) in [4.78, 5) is 14.9. The third-order valence-corrected chi connectivity index (χ3v) is 5.43. The molecule has 6 heteroatoms. The molecular weight excluding hydrogens is 359 g/mol. The first-order valence-electron chi connectivity index (χ1n) is 9.72. The van der Waals surface area contributed by atoms with Crippen molar-refractivity contribution in [3.8, 4) is 0 Å². The summed E-state index contributed by atoms with van der Waals surface area (Å²) in [7, 11) is 0. The van der Waals surface area contributed by atoms with Gasteiger partial charge in [-0.1, -0.05) is 42.5 Å². The third-order valence-electron chi connectivity index (χ3n) is 5.43. The minimum absolute atomic E-state index is 0.0124. The van der Waals surface area contributed by atoms with Gasteiger partial charge < -0.3 is 20.1 Å². The highest BCUT2D eigenvalue weighted by molar-refractivity contribution is 5.81. The van der Waals surface area contributed by atoms with Gasteiger partial charge in [-0.15, -0.1) is 0 Å². The molecule has 0 saturated carbocycles. The lowest BCUT2D eigenvalue weighted by molar-refractivity contribution is -0.161. The maximum atomic E-state index is 13.3. The van der Waals surface area contributed by atoms with E-state index in [0.29, 0.717) is 26.1 Å². The zero-order valence-corrected chi connectivity index (χ0v) is 15.7. The van der Waals surface area contributed by atoms with Crippen LogP contribution in [0.1, 0.15) is 36.2 Å². The summed E-state index contributed by atoms with van der Waals surface area (Å²) in [6.07, 6.45) is 0.213. The van der Waals surface area contributed by atoms with Crippen molar-refractivity contribution in [1.29, 1.82) is 0 Å². The molecule has 28 heavy (non-hydrogen) atoms. The topological polar surface area (TPSA) is 64.8 Å². The highest BCUT2D eigenvalue weighted by Crippen LogP contribution is 2.34. The van der Waals surface area contributed by atoms with E-state index in [1.165, 1.54) is 12.1 Å². The Labute approximate surface area is 164 Å². The maximum Gasteiger partial charge on any atom is 0.251 e. The number of rotatable bonds is 3. The van der Waals surface area contributed by atoms with Crippen LogP contribution in [0.25, 0.3) is 0 Å². The van der Waals surface area contributed by atoms with E-state index in [4.69, 9.17) is 15.2 Å². The molecule has 4 atom stereocenters. The predicted octanol–water partition coefficient (Wildman–Crippen LogP) is 2.97. The number of hydrogen-bond donors (Lipinski definition) is 1. The maximum absolute atomic E-state index is 13.3. The molecule has 0 bridgehead atoms. The number of carbonyl (C=O) groups excluding carboxylic acids is 1. The first kappa shape index (κ1) is 19.1. The van der Waals surface area contributed by atoms with E-state index in [-0.39, 0.29) is 30.0 Å². The molecule has 2 N–H and O–H groups in total. The Kier molecular flexibility index (Phi) is 5.71. The van der Waals surface area contributed by atoms with Crippen molar-refractivity contribution in [2.24, 2.45) is 5.73 Å². The van der Waals surface area contributed by atoms with Crippen molar-refractivity contribution in [2.45, 2.75) is 37.2 Å². The third kappa shape index (κ3) is 4.24. The van der Waals surface area contributed by atoms with Gasteiger partial charge in [0.05, 0.1) is 13.1 Å². The average molecular weight is 384 g/mol. The van der Waals surface area contributed by atoms with Crippen LogP contribution >= 0.6 is 0 Å². The number of benzene rings is 2. The molecule has 0 aromatic heterocycles. The van der Waals surface area contributed by atoms with E-state index in [1.54, 1.807) is 17.0 Å². The molecule has 4 rings (SSSR count). The smallest absolute Gasteiger partial charge is 0.251 e. The summed E-state index contributed by atoms with van der Waals surface area (Å²) >= 11 is 0. The van der Waals surface area contributed by atoms with Crippen molar-refractivity contribution in [3.05, 3.63) is 71.5 Å². The van der Waals surface area contributed by atoms with Gasteiger partial charge in [0.2, 0.25) is 0 Å². The van der Waals surface area contributed by atoms with Crippen LogP contribution in [0.2, 0.25) is 0 Å². The first-order valence-corrected chi connectivity index (χ1v) is 9.72. The summed E-state index contributed by atoms with van der Waals surface area (Å²) in [5, 5.41) is 0. The summed E-state index contributed by atoms with van der Waals surface area (Å²) in [6.45, 7) is 1.37. The van der Waals surface area contributed by atoms with Gasteiger partial charge in [-0.2, -0.15) is 0 Å². The van der Waals surface area contributed by atoms with Gasteiger partial charge in [-0.25, -0.2) is 4.39 Å². The minimum Gasteiger partial charge on any atom is -0.368 e. The van der Waals surface area contributed by atoms with E-state index in [0.717, 1.165) is 17.5 Å². The Morgan fingerprint density at radius 1 is 1.00 bits per heavy atom. The van der Waals surface area contributed by atoms with Crippen molar-refractivity contribution in [3.63, 3.8) is 0 Å². The Bertz CT molecular complexity index is 799. The molecule has 2 aromatic carbocycles. The van der Waals surface area contributed by atoms with Crippen molar-refractivity contribution >= 4 is 5.91 Å². The van der Waals surface area contributed by atoms with Crippen molar-refractivity contribution in [1.82, 2.24) is 4.90 Å². The number of ether oxygens (including phenoxy) is 2. The van der Waals surface area contributed by atoms with E-state index in [2.05, 4.69) is 0 Å². The van der Waals surface area contributed by atoms with Gasteiger partial charge in [-0.05, 0) is 36.1 Å². The molecular formula is C22H25FN2O3. The normalized spacial score (nSPS) is 28.1. The SMILES string of the molecule is NC1CCOC(C(=O)N2CC(c3ccccc3)OC(c3ccc(F)cc3)C2)C1. The fraction of sp³-hybridized carbons (Fsp3) is 0.409. The molecule has 2 fully saturated rings. The zero-order chi connectivity index (χ0) is 19.5. The lowest BCUT2D eigenvalue weighted by Gasteiger charge is -2.40. The summed E-state index contributed by atoms with van der Waals surface area (Å²) in [5.74, 6) is -0.344. The van der Waals surface area contributed by atoms with E-state index in [9.17, 15) is 9.18 Å². The molecule has 2 aliphatic heterocycles. The fourth-order valence-electron chi connectivity index (χ4n) is 3.85. The molecule has 5 nitrogen and oxygen atoms in total. The van der Waals surface area contributed by atoms with Crippen LogP contribution < -0.4 is 5.73 Å². The highest BCUT2D eigenvalue weighted by atomic mass is 19.1. The second kappa shape index (κ2) is 8.39. The van der Waals surface area contributed by atoms with Crippen molar-refractivity contribution < 1.29 is 18.7 Å². The van der Waals surface area contributed by atoms with Crippen LogP contribution in [0.4, 0.5) is 4.39 Å². The Hall–Kier alpha value is -2.28. The number of hydrogen-bond acceptors (Lipinski definition) is 4. The number of carbonyl (C=O) groups is 1. The van der Waals surface area contributed by atoms with Crippen LogP contribution in [0.5, 0.6) is 0 Å². The molecule has 148 valence electrons. The molecule has 2 aromatic rings. The Balaban J connectivity index is 1.58. The average Bonchev–Trinajstić information content (AvgIpc) is 2.74. The van der Waals surface area contributed by atoms with Crippen LogP contribution in [0, 0.1) is 5.82 Å². The molecule has 0 spiro atoms. The summed E-state index contributed by atoms with van der Waals surface area (Å²) in [5.41, 5.74) is 7.89. The van der Waals surface area contributed by atoms with E-state index >= 15 is 0 Å². The van der Waals surface area contributed by atoms with E-state index in [1.807, 2.05) is 30.3 Å². The molecule has 0 aliphatic carbocycles. The second-order valence-corrected chi connectivity index (χ2v) is 7.46. The van der Waals surface area contributed by atoms with Crippen molar-refractivity contribution in [2.75, 3.05) is 19.7 Å². The molecule has 2 saturated heterocycles. The van der Waals surface area contributed by atoms with Gasteiger partial charge in [0.25, 0.3) is 5.91 Å². The largest absolute Gasteiger partial charge is 0.368 e. The van der Waals surface area contributed by atoms with Crippen LogP contribution in [0.15, 0.2) is 54.6 Å². The monoisotopic (exact) mass is 384 g/mol. The quantitative estimate of drug-likeness (QED) is 0.884. The standard InChI is InChI=1S/C22H25FN2O3/c23-17-8-6-16(7-9-17)21-14-25(22(26)19-12-18(24)10-11-27-19)13-20(28-21)15-4-2-1-3-5-15/h1-9,18-21H,10-14,24H2. The van der Waals surface area contributed by atoms with Crippen LogP contribution in [-0.2, 0) is 14.3 Å². The number of amides is 1. The van der Waals surface area contributed by atoms with Crippen LogP contribution in [-0.4, -0.2) is 42.6 Å². The molecule has 4 unspecified atom stereocenters. The molecule has 0 radical (unpaired) electrons. The van der Waals surface area contributed by atoms with Gasteiger partial charge in [0.15, 0.2) is 0 Å². The fourth-order valence-corrected chi connectivity index (χ4v) is 3.85. The van der Waals surface area contributed by atoms with Crippen LogP contribution in [0.3, 0.4) is 0 Å². The minimum atomic E-state index is -0.507. The first-order chi connectivity index (χ1) is 13.6. The number of morpholine rings is 1. The molecule has 1 amide bonds. The number of halogens is 1. The molecule has 2 aliphatic rings. The van der Waals surface area contributed by atoms with E-state index < -0.39 is 6.10 Å². The lowest BCUT2D eigenvalue weighted by atomic mass is 10.00. The highest BCUT2D eigenvalue weighted by Gasteiger charge is 2.37. The van der Waals surface area contributed by atoms with Gasteiger partial charge in [-0.3, -0.25) is 4.79 Å². The summed E-state index contributed by atoms with van der Waals surface area (Å²) in [6, 6.07) is 16.1. The Morgan fingerprint density at radius 2 is 1.64 bits per heavy atom. The Morgan fingerprint density at radius 3 is 2.29 bits per heavy atom.